The fourth-order valence-electron chi connectivity index (χ4n) is 1.44. The topological polar surface area (TPSA) is 12.9 Å². The zero-order valence-corrected chi connectivity index (χ0v) is 10.3. The summed E-state index contributed by atoms with van der Waals surface area (Å²) in [6.07, 6.45) is 1.74. The highest BCUT2D eigenvalue weighted by Crippen LogP contribution is 2.28. The van der Waals surface area contributed by atoms with Gasteiger partial charge in [-0.1, -0.05) is 31.5 Å². The van der Waals surface area contributed by atoms with E-state index in [4.69, 9.17) is 11.6 Å². The Morgan fingerprint density at radius 3 is 2.80 bits per heavy atom. The Hall–Kier alpha value is -0.730. The minimum atomic E-state index is 0.585. The van der Waals surface area contributed by atoms with Crippen LogP contribution in [0.1, 0.15) is 13.8 Å². The maximum atomic E-state index is 6.07. The molecule has 15 heavy (non-hydrogen) atoms. The SMILES string of the molecule is CC(C)Sc1ccc2c(Cl)ccnc2c1. The fraction of sp³-hybridized carbons (Fsp3) is 0.250. The molecule has 0 saturated carbocycles. The third-order valence-electron chi connectivity index (χ3n) is 2.03. The van der Waals surface area contributed by atoms with Crippen molar-refractivity contribution in [2.75, 3.05) is 0 Å². The number of halogens is 1. The van der Waals surface area contributed by atoms with E-state index in [-0.39, 0.29) is 0 Å². The lowest BCUT2D eigenvalue weighted by atomic mass is 10.2. The number of hydrogen-bond acceptors (Lipinski definition) is 2. The molecule has 0 spiro atoms. The zero-order valence-electron chi connectivity index (χ0n) is 8.70. The van der Waals surface area contributed by atoms with Crippen molar-refractivity contribution in [3.8, 4) is 0 Å². The Labute approximate surface area is 98.9 Å². The van der Waals surface area contributed by atoms with Gasteiger partial charge >= 0.3 is 0 Å². The van der Waals surface area contributed by atoms with E-state index in [2.05, 4.69) is 31.0 Å². The van der Waals surface area contributed by atoms with Gasteiger partial charge in [-0.3, -0.25) is 4.98 Å². The molecule has 1 aromatic heterocycles. The van der Waals surface area contributed by atoms with Crippen LogP contribution in [0.3, 0.4) is 0 Å². The number of pyridine rings is 1. The standard InChI is InChI=1S/C12H12ClNS/c1-8(2)15-9-3-4-10-11(13)5-6-14-12(10)7-9/h3-8H,1-2H3. The molecule has 2 aromatic rings. The summed E-state index contributed by atoms with van der Waals surface area (Å²) in [5, 5.41) is 2.37. The van der Waals surface area contributed by atoms with Crippen molar-refractivity contribution >= 4 is 34.3 Å². The van der Waals surface area contributed by atoms with Gasteiger partial charge in [-0.15, -0.1) is 11.8 Å². The quantitative estimate of drug-likeness (QED) is 0.719. The first kappa shape index (κ1) is 10.8. The normalized spacial score (nSPS) is 11.2. The molecule has 0 amide bonds. The first-order valence-electron chi connectivity index (χ1n) is 4.88. The van der Waals surface area contributed by atoms with Crippen LogP contribution < -0.4 is 0 Å². The second-order valence-corrected chi connectivity index (χ2v) is 5.70. The molecule has 1 heterocycles. The lowest BCUT2D eigenvalue weighted by Gasteiger charge is -2.06. The Kier molecular flexibility index (Phi) is 3.17. The lowest BCUT2D eigenvalue weighted by Crippen LogP contribution is -1.86. The van der Waals surface area contributed by atoms with Crippen molar-refractivity contribution in [3.63, 3.8) is 0 Å². The van der Waals surface area contributed by atoms with Crippen molar-refractivity contribution in [2.45, 2.75) is 24.0 Å². The minimum Gasteiger partial charge on any atom is -0.256 e. The number of fused-ring (bicyclic) bond motifs is 1. The highest BCUT2D eigenvalue weighted by Gasteiger charge is 2.03. The van der Waals surface area contributed by atoms with E-state index in [1.807, 2.05) is 23.9 Å². The first-order chi connectivity index (χ1) is 7.16. The van der Waals surface area contributed by atoms with Gasteiger partial charge in [0.1, 0.15) is 0 Å². The second kappa shape index (κ2) is 4.42. The maximum absolute atomic E-state index is 6.07. The molecule has 0 bridgehead atoms. The third kappa shape index (κ3) is 2.44. The van der Waals surface area contributed by atoms with Crippen molar-refractivity contribution < 1.29 is 0 Å². The molecule has 2 rings (SSSR count). The molecular formula is C12H12ClNS. The van der Waals surface area contributed by atoms with Crippen LogP contribution in [0.4, 0.5) is 0 Å². The average molecular weight is 238 g/mol. The summed E-state index contributed by atoms with van der Waals surface area (Å²) in [7, 11) is 0. The Bertz CT molecular complexity index is 482. The van der Waals surface area contributed by atoms with Crippen LogP contribution in [0.15, 0.2) is 35.4 Å². The summed E-state index contributed by atoms with van der Waals surface area (Å²) in [5.41, 5.74) is 0.966. The molecule has 1 nitrogen and oxygen atoms in total. The van der Waals surface area contributed by atoms with Gasteiger partial charge in [0.25, 0.3) is 0 Å². The van der Waals surface area contributed by atoms with E-state index in [0.717, 1.165) is 15.9 Å². The van der Waals surface area contributed by atoms with Gasteiger partial charge in [-0.2, -0.15) is 0 Å². The lowest BCUT2D eigenvalue weighted by molar-refractivity contribution is 1.11. The molecule has 0 N–H and O–H groups in total. The number of hydrogen-bond donors (Lipinski definition) is 0. The number of nitrogens with zero attached hydrogens (tertiary/aromatic N) is 1. The molecule has 0 atom stereocenters. The van der Waals surface area contributed by atoms with Gasteiger partial charge in [-0.05, 0) is 18.2 Å². The van der Waals surface area contributed by atoms with Gasteiger partial charge in [0.15, 0.2) is 0 Å². The summed E-state index contributed by atoms with van der Waals surface area (Å²) in [6.45, 7) is 4.36. The van der Waals surface area contributed by atoms with Gasteiger partial charge < -0.3 is 0 Å². The molecule has 78 valence electrons. The van der Waals surface area contributed by atoms with Crippen LogP contribution in [-0.4, -0.2) is 10.2 Å². The number of benzene rings is 1. The summed E-state index contributed by atoms with van der Waals surface area (Å²) in [5.74, 6) is 0. The minimum absolute atomic E-state index is 0.585. The fourth-order valence-corrected chi connectivity index (χ4v) is 2.53. The van der Waals surface area contributed by atoms with E-state index in [1.54, 1.807) is 6.20 Å². The van der Waals surface area contributed by atoms with Gasteiger partial charge in [0.2, 0.25) is 0 Å². The van der Waals surface area contributed by atoms with E-state index in [9.17, 15) is 0 Å². The Morgan fingerprint density at radius 2 is 2.07 bits per heavy atom. The van der Waals surface area contributed by atoms with E-state index in [0.29, 0.717) is 5.25 Å². The Morgan fingerprint density at radius 1 is 1.27 bits per heavy atom. The molecular weight excluding hydrogens is 226 g/mol. The van der Waals surface area contributed by atoms with Gasteiger partial charge in [0.05, 0.1) is 10.5 Å². The van der Waals surface area contributed by atoms with Crippen LogP contribution in [0, 0.1) is 0 Å². The van der Waals surface area contributed by atoms with E-state index >= 15 is 0 Å². The van der Waals surface area contributed by atoms with Crippen molar-refractivity contribution in [3.05, 3.63) is 35.5 Å². The van der Waals surface area contributed by atoms with E-state index < -0.39 is 0 Å². The van der Waals surface area contributed by atoms with Crippen LogP contribution >= 0.6 is 23.4 Å². The van der Waals surface area contributed by atoms with Crippen LogP contribution in [-0.2, 0) is 0 Å². The molecule has 3 heteroatoms. The van der Waals surface area contributed by atoms with Gasteiger partial charge in [-0.25, -0.2) is 0 Å². The summed E-state index contributed by atoms with van der Waals surface area (Å²) >= 11 is 7.90. The van der Waals surface area contributed by atoms with Crippen LogP contribution in [0.5, 0.6) is 0 Å². The van der Waals surface area contributed by atoms with E-state index in [1.165, 1.54) is 4.90 Å². The summed E-state index contributed by atoms with van der Waals surface area (Å²) in [4.78, 5) is 5.56. The number of aromatic nitrogens is 1. The predicted octanol–water partition coefficient (Wildman–Crippen LogP) is 4.39. The molecule has 0 aliphatic heterocycles. The monoisotopic (exact) mass is 237 g/mol. The molecule has 0 unspecified atom stereocenters. The van der Waals surface area contributed by atoms with Gasteiger partial charge in [0, 0.05) is 21.7 Å². The summed E-state index contributed by atoms with van der Waals surface area (Å²) in [6, 6.07) is 8.04. The number of thioether (sulfide) groups is 1. The molecule has 1 aromatic carbocycles. The molecule has 0 aliphatic carbocycles. The maximum Gasteiger partial charge on any atom is 0.0728 e. The first-order valence-corrected chi connectivity index (χ1v) is 6.13. The average Bonchev–Trinajstić information content (AvgIpc) is 2.17. The highest BCUT2D eigenvalue weighted by molar-refractivity contribution is 7.99. The van der Waals surface area contributed by atoms with Crippen molar-refractivity contribution in [1.82, 2.24) is 4.98 Å². The largest absolute Gasteiger partial charge is 0.256 e. The van der Waals surface area contributed by atoms with Crippen LogP contribution in [0.2, 0.25) is 5.02 Å². The Balaban J connectivity index is 2.48. The highest BCUT2D eigenvalue weighted by atomic mass is 35.5. The summed E-state index contributed by atoms with van der Waals surface area (Å²) < 4.78 is 0. The smallest absolute Gasteiger partial charge is 0.0728 e. The molecule has 0 aliphatic rings. The van der Waals surface area contributed by atoms with Crippen molar-refractivity contribution in [1.29, 1.82) is 0 Å². The zero-order chi connectivity index (χ0) is 10.8. The second-order valence-electron chi connectivity index (χ2n) is 3.64. The predicted molar refractivity (Wildman–Crippen MR) is 67.7 cm³/mol. The van der Waals surface area contributed by atoms with Crippen LogP contribution in [0.25, 0.3) is 10.9 Å². The molecule has 0 radical (unpaired) electrons. The van der Waals surface area contributed by atoms with Crippen molar-refractivity contribution in [2.24, 2.45) is 0 Å². The molecule has 0 saturated heterocycles. The number of rotatable bonds is 2. The third-order valence-corrected chi connectivity index (χ3v) is 3.36. The molecule has 0 fully saturated rings.